The number of piperazine rings is 1. The monoisotopic (exact) mass is 333 g/mol. The molecular formula is C12H21Cl2N7. The molecule has 3 rings (SSSR count). The van der Waals surface area contributed by atoms with Gasteiger partial charge in [0.1, 0.15) is 5.82 Å². The van der Waals surface area contributed by atoms with Crippen LogP contribution in [0.1, 0.15) is 5.82 Å². The van der Waals surface area contributed by atoms with E-state index in [1.807, 2.05) is 25.6 Å². The molecule has 2 aromatic rings. The summed E-state index contributed by atoms with van der Waals surface area (Å²) in [5, 5.41) is 6.44. The van der Waals surface area contributed by atoms with Crippen molar-refractivity contribution in [2.24, 2.45) is 7.05 Å². The first-order valence-corrected chi connectivity index (χ1v) is 6.55. The van der Waals surface area contributed by atoms with E-state index in [1.54, 1.807) is 0 Å². The number of nitrogens with zero attached hydrogens (tertiary/aromatic N) is 5. The fraction of sp³-hybridized carbons (Fsp3) is 0.583. The Balaban J connectivity index is 0.00000110. The van der Waals surface area contributed by atoms with Gasteiger partial charge in [0.05, 0.1) is 0 Å². The first-order valence-electron chi connectivity index (χ1n) is 6.55. The second-order valence-electron chi connectivity index (χ2n) is 4.75. The van der Waals surface area contributed by atoms with Crippen molar-refractivity contribution < 1.29 is 0 Å². The molecule has 2 N–H and O–H groups in total. The van der Waals surface area contributed by atoms with Gasteiger partial charge in [-0.1, -0.05) is 0 Å². The highest BCUT2D eigenvalue weighted by Crippen LogP contribution is 2.25. The Kier molecular flexibility index (Phi) is 6.00. The van der Waals surface area contributed by atoms with Gasteiger partial charge in [-0.2, -0.15) is 0 Å². The molecule has 0 atom stereocenters. The summed E-state index contributed by atoms with van der Waals surface area (Å²) < 4.78 is 1.97. The van der Waals surface area contributed by atoms with Crippen molar-refractivity contribution in [3.8, 4) is 0 Å². The summed E-state index contributed by atoms with van der Waals surface area (Å²) in [5.41, 5.74) is 1.75. The molecule has 2 aromatic heterocycles. The molecule has 21 heavy (non-hydrogen) atoms. The number of fused-ring (bicyclic) bond motifs is 1. The molecule has 9 heteroatoms. The van der Waals surface area contributed by atoms with E-state index < -0.39 is 0 Å². The van der Waals surface area contributed by atoms with Gasteiger partial charge in [0.25, 0.3) is 0 Å². The number of hydrogen-bond donors (Lipinski definition) is 2. The number of hydrogen-bond acceptors (Lipinski definition) is 6. The molecule has 7 nitrogen and oxygen atoms in total. The van der Waals surface area contributed by atoms with E-state index in [0.717, 1.165) is 54.9 Å². The summed E-state index contributed by atoms with van der Waals surface area (Å²) >= 11 is 0. The first-order chi connectivity index (χ1) is 9.20. The lowest BCUT2D eigenvalue weighted by Crippen LogP contribution is -2.44. The SMILES string of the molecule is CNc1nc2c(N3CCNCC3)nc(C)nc2n1C.Cl.Cl. The molecule has 0 amide bonds. The van der Waals surface area contributed by atoms with Gasteiger partial charge in [-0.3, -0.25) is 4.57 Å². The van der Waals surface area contributed by atoms with Crippen LogP contribution in [0.4, 0.5) is 11.8 Å². The van der Waals surface area contributed by atoms with Gasteiger partial charge < -0.3 is 15.5 Å². The van der Waals surface area contributed by atoms with Crippen LogP contribution in [0.5, 0.6) is 0 Å². The Morgan fingerprint density at radius 3 is 2.38 bits per heavy atom. The predicted molar refractivity (Wildman–Crippen MR) is 90.2 cm³/mol. The van der Waals surface area contributed by atoms with E-state index in [4.69, 9.17) is 0 Å². The third kappa shape index (κ3) is 3.14. The van der Waals surface area contributed by atoms with E-state index in [0.29, 0.717) is 0 Å². The van der Waals surface area contributed by atoms with Gasteiger partial charge >= 0.3 is 0 Å². The van der Waals surface area contributed by atoms with Crippen molar-refractivity contribution in [1.29, 1.82) is 0 Å². The molecule has 0 saturated carbocycles. The summed E-state index contributed by atoms with van der Waals surface area (Å²) in [6, 6.07) is 0. The summed E-state index contributed by atoms with van der Waals surface area (Å²) in [6.45, 7) is 5.80. The van der Waals surface area contributed by atoms with Gasteiger partial charge in [0.2, 0.25) is 5.95 Å². The van der Waals surface area contributed by atoms with E-state index in [9.17, 15) is 0 Å². The predicted octanol–water partition coefficient (Wildman–Crippen LogP) is 0.967. The molecule has 0 bridgehead atoms. The topological polar surface area (TPSA) is 70.9 Å². The molecule has 0 radical (unpaired) electrons. The van der Waals surface area contributed by atoms with Gasteiger partial charge in [-0.25, -0.2) is 15.0 Å². The average molecular weight is 334 g/mol. The van der Waals surface area contributed by atoms with Crippen LogP contribution in [-0.2, 0) is 7.05 Å². The third-order valence-electron chi connectivity index (χ3n) is 3.45. The van der Waals surface area contributed by atoms with Crippen molar-refractivity contribution in [3.63, 3.8) is 0 Å². The second-order valence-corrected chi connectivity index (χ2v) is 4.75. The Labute approximate surface area is 136 Å². The lowest BCUT2D eigenvalue weighted by molar-refractivity contribution is 0.585. The maximum absolute atomic E-state index is 4.61. The molecule has 0 spiro atoms. The number of aryl methyl sites for hydroxylation is 2. The summed E-state index contributed by atoms with van der Waals surface area (Å²) in [6.07, 6.45) is 0. The molecule has 1 aliphatic heterocycles. The number of anilines is 2. The molecular weight excluding hydrogens is 313 g/mol. The van der Waals surface area contributed by atoms with Crippen molar-refractivity contribution >= 4 is 47.7 Å². The van der Waals surface area contributed by atoms with Crippen molar-refractivity contribution in [3.05, 3.63) is 5.82 Å². The van der Waals surface area contributed by atoms with Crippen LogP contribution >= 0.6 is 24.8 Å². The maximum Gasteiger partial charge on any atom is 0.204 e. The fourth-order valence-corrected chi connectivity index (χ4v) is 2.47. The highest BCUT2D eigenvalue weighted by Gasteiger charge is 2.20. The molecule has 0 unspecified atom stereocenters. The zero-order chi connectivity index (χ0) is 13.4. The van der Waals surface area contributed by atoms with Gasteiger partial charge in [-0.05, 0) is 6.92 Å². The Bertz CT molecular complexity index is 607. The molecule has 118 valence electrons. The minimum atomic E-state index is 0. The smallest absolute Gasteiger partial charge is 0.204 e. The average Bonchev–Trinajstić information content (AvgIpc) is 2.76. The fourth-order valence-electron chi connectivity index (χ4n) is 2.47. The van der Waals surface area contributed by atoms with E-state index >= 15 is 0 Å². The second kappa shape index (κ2) is 7.11. The number of nitrogens with one attached hydrogen (secondary N) is 2. The number of aromatic nitrogens is 4. The molecule has 1 saturated heterocycles. The Morgan fingerprint density at radius 2 is 1.76 bits per heavy atom. The zero-order valence-electron chi connectivity index (χ0n) is 12.4. The highest BCUT2D eigenvalue weighted by atomic mass is 35.5. The van der Waals surface area contributed by atoms with Crippen LogP contribution in [0.3, 0.4) is 0 Å². The van der Waals surface area contributed by atoms with E-state index in [2.05, 4.69) is 30.5 Å². The number of halogens is 2. The van der Waals surface area contributed by atoms with Crippen LogP contribution < -0.4 is 15.5 Å². The van der Waals surface area contributed by atoms with Gasteiger partial charge in [0, 0.05) is 40.3 Å². The lowest BCUT2D eigenvalue weighted by Gasteiger charge is -2.28. The minimum absolute atomic E-state index is 0. The van der Waals surface area contributed by atoms with Gasteiger partial charge in [-0.15, -0.1) is 24.8 Å². The lowest BCUT2D eigenvalue weighted by atomic mass is 10.3. The van der Waals surface area contributed by atoms with Crippen LogP contribution in [0.2, 0.25) is 0 Å². The third-order valence-corrected chi connectivity index (χ3v) is 3.45. The molecule has 0 aromatic carbocycles. The van der Waals surface area contributed by atoms with Crippen LogP contribution in [0.25, 0.3) is 11.2 Å². The largest absolute Gasteiger partial charge is 0.359 e. The minimum Gasteiger partial charge on any atom is -0.359 e. The van der Waals surface area contributed by atoms with Crippen LogP contribution in [0.15, 0.2) is 0 Å². The normalized spacial score (nSPS) is 14.5. The molecule has 3 heterocycles. The molecule has 0 aliphatic carbocycles. The van der Waals surface area contributed by atoms with E-state index in [-0.39, 0.29) is 24.8 Å². The first kappa shape index (κ1) is 17.7. The standard InChI is InChI=1S/C12H19N7.2ClH/c1-8-15-10-9(17-12(13-2)18(10)3)11(16-8)19-6-4-14-5-7-19;;/h14H,4-7H2,1-3H3,(H,13,17);2*1H. The number of imidazole rings is 1. The van der Waals surface area contributed by atoms with Crippen molar-refractivity contribution in [2.75, 3.05) is 43.4 Å². The van der Waals surface area contributed by atoms with E-state index in [1.165, 1.54) is 0 Å². The quantitative estimate of drug-likeness (QED) is 0.853. The summed E-state index contributed by atoms with van der Waals surface area (Å²) in [5.74, 6) is 2.54. The highest BCUT2D eigenvalue weighted by molar-refractivity contribution is 5.86. The summed E-state index contributed by atoms with van der Waals surface area (Å²) in [7, 11) is 3.83. The van der Waals surface area contributed by atoms with Crippen LogP contribution in [-0.4, -0.2) is 52.7 Å². The number of rotatable bonds is 2. The van der Waals surface area contributed by atoms with Crippen molar-refractivity contribution in [2.45, 2.75) is 6.92 Å². The molecule has 1 fully saturated rings. The zero-order valence-corrected chi connectivity index (χ0v) is 14.0. The Morgan fingerprint density at radius 1 is 1.10 bits per heavy atom. The van der Waals surface area contributed by atoms with Crippen molar-refractivity contribution in [1.82, 2.24) is 24.8 Å². The van der Waals surface area contributed by atoms with Crippen LogP contribution in [0, 0.1) is 6.92 Å². The Hall–Kier alpha value is -1.31. The summed E-state index contributed by atoms with van der Waals surface area (Å²) in [4.78, 5) is 16.0. The maximum atomic E-state index is 4.61. The van der Waals surface area contributed by atoms with Gasteiger partial charge in [0.15, 0.2) is 17.0 Å². The molecule has 1 aliphatic rings.